The van der Waals surface area contributed by atoms with Crippen LogP contribution < -0.4 is 11.1 Å². The molecule has 0 aliphatic carbocycles. The molecule has 0 saturated carbocycles. The van der Waals surface area contributed by atoms with E-state index in [2.05, 4.69) is 20.6 Å². The highest BCUT2D eigenvalue weighted by atomic mass is 16.2. The van der Waals surface area contributed by atoms with Gasteiger partial charge in [-0.15, -0.1) is 10.2 Å². The second kappa shape index (κ2) is 5.30. The van der Waals surface area contributed by atoms with Gasteiger partial charge in [-0.2, -0.15) is 5.10 Å². The summed E-state index contributed by atoms with van der Waals surface area (Å²) in [5, 5.41) is 14.4. The summed E-state index contributed by atoms with van der Waals surface area (Å²) in [6.07, 6.45) is 3.94. The van der Waals surface area contributed by atoms with Crippen LogP contribution in [-0.2, 0) is 24.8 Å². The van der Waals surface area contributed by atoms with Crippen molar-refractivity contribution in [1.82, 2.24) is 29.9 Å². The van der Waals surface area contributed by atoms with Crippen molar-refractivity contribution in [3.05, 3.63) is 24.4 Å². The average Bonchev–Trinajstić information content (AvgIpc) is 2.89. The molecule has 0 spiro atoms. The molecule has 0 bridgehead atoms. The van der Waals surface area contributed by atoms with E-state index in [-0.39, 0.29) is 12.5 Å². The summed E-state index contributed by atoms with van der Waals surface area (Å²) in [6.45, 7) is 0.679. The van der Waals surface area contributed by atoms with Crippen molar-refractivity contribution in [1.29, 1.82) is 0 Å². The number of anilines is 1. The third kappa shape index (κ3) is 3.06. The van der Waals surface area contributed by atoms with Crippen LogP contribution in [0, 0.1) is 0 Å². The van der Waals surface area contributed by atoms with Crippen LogP contribution in [-0.4, -0.2) is 37.0 Å². The Bertz CT molecular complexity index is 530. The number of aryl methyl sites for hydroxylation is 1. The Morgan fingerprint density at radius 2 is 2.39 bits per heavy atom. The number of nitrogen functional groups attached to an aromatic ring is 1. The first-order chi connectivity index (χ1) is 8.65. The number of hydrogen-bond acceptors (Lipinski definition) is 5. The van der Waals surface area contributed by atoms with Crippen LogP contribution >= 0.6 is 0 Å². The van der Waals surface area contributed by atoms with Gasteiger partial charge in [-0.3, -0.25) is 9.48 Å². The molecule has 0 unspecified atom stereocenters. The van der Waals surface area contributed by atoms with Crippen LogP contribution in [0.5, 0.6) is 0 Å². The summed E-state index contributed by atoms with van der Waals surface area (Å²) in [5.74, 6) is 1.13. The fourth-order valence-electron chi connectivity index (χ4n) is 1.52. The normalized spacial score (nSPS) is 10.5. The van der Waals surface area contributed by atoms with Crippen LogP contribution in [0.2, 0.25) is 0 Å². The zero-order chi connectivity index (χ0) is 13.0. The lowest BCUT2D eigenvalue weighted by Crippen LogP contribution is -2.30. The van der Waals surface area contributed by atoms with E-state index in [9.17, 15) is 4.79 Å². The molecule has 0 atom stereocenters. The molecule has 8 nitrogen and oxygen atoms in total. The minimum absolute atomic E-state index is 0.111. The zero-order valence-electron chi connectivity index (χ0n) is 10.1. The second-order valence-corrected chi connectivity index (χ2v) is 3.90. The number of nitrogens with two attached hydrogens (primary N) is 1. The Kier molecular flexibility index (Phi) is 3.56. The number of carbonyl (C=O) groups excluding carboxylic acids is 1. The third-order valence-electron chi connectivity index (χ3n) is 2.44. The molecule has 0 fully saturated rings. The summed E-state index contributed by atoms with van der Waals surface area (Å²) < 4.78 is 3.31. The monoisotopic (exact) mass is 249 g/mol. The molecule has 2 rings (SSSR count). The smallest absolute Gasteiger partial charge is 0.241 e. The maximum Gasteiger partial charge on any atom is 0.241 e. The van der Waals surface area contributed by atoms with Crippen molar-refractivity contribution in [2.75, 3.05) is 12.3 Å². The molecular formula is C10H15N7O. The van der Waals surface area contributed by atoms with E-state index in [0.717, 1.165) is 5.82 Å². The van der Waals surface area contributed by atoms with Gasteiger partial charge in [0.25, 0.3) is 0 Å². The Labute approximate surface area is 104 Å². The van der Waals surface area contributed by atoms with Crippen molar-refractivity contribution >= 4 is 11.7 Å². The molecule has 8 heteroatoms. The van der Waals surface area contributed by atoms with E-state index in [1.165, 1.54) is 4.68 Å². The highest BCUT2D eigenvalue weighted by Gasteiger charge is 2.05. The average molecular weight is 249 g/mol. The summed E-state index contributed by atoms with van der Waals surface area (Å²) in [4.78, 5) is 11.6. The number of rotatable bonds is 5. The van der Waals surface area contributed by atoms with Gasteiger partial charge in [0.2, 0.25) is 5.91 Å². The van der Waals surface area contributed by atoms with Crippen molar-refractivity contribution < 1.29 is 4.79 Å². The van der Waals surface area contributed by atoms with Crippen LogP contribution in [0.15, 0.2) is 18.6 Å². The van der Waals surface area contributed by atoms with Gasteiger partial charge in [-0.05, 0) is 6.07 Å². The Hall–Kier alpha value is -2.38. The molecule has 18 heavy (non-hydrogen) atoms. The van der Waals surface area contributed by atoms with Gasteiger partial charge in [-0.1, -0.05) is 0 Å². The van der Waals surface area contributed by atoms with E-state index in [1.54, 1.807) is 18.6 Å². The van der Waals surface area contributed by atoms with Crippen LogP contribution in [0.3, 0.4) is 0 Å². The van der Waals surface area contributed by atoms with E-state index in [0.29, 0.717) is 18.8 Å². The van der Waals surface area contributed by atoms with E-state index in [1.807, 2.05) is 11.6 Å². The fourth-order valence-corrected chi connectivity index (χ4v) is 1.52. The first kappa shape index (κ1) is 12.1. The third-order valence-corrected chi connectivity index (χ3v) is 2.44. The van der Waals surface area contributed by atoms with Crippen LogP contribution in [0.4, 0.5) is 5.82 Å². The predicted octanol–water partition coefficient (Wildman–Crippen LogP) is -1.05. The quantitative estimate of drug-likeness (QED) is 0.704. The maximum atomic E-state index is 11.6. The van der Waals surface area contributed by atoms with Gasteiger partial charge in [0.15, 0.2) is 0 Å². The Balaban J connectivity index is 1.74. The lowest BCUT2D eigenvalue weighted by Gasteiger charge is -2.04. The highest BCUT2D eigenvalue weighted by Crippen LogP contribution is 1.95. The van der Waals surface area contributed by atoms with Gasteiger partial charge in [0.1, 0.15) is 24.5 Å². The first-order valence-corrected chi connectivity index (χ1v) is 5.53. The standard InChI is InChI=1S/C10H15N7O/c1-16-7-13-14-9(16)2-4-12-10(18)6-17-5-3-8(11)15-17/h3,5,7H,2,4,6H2,1H3,(H2,11,15)(H,12,18). The first-order valence-electron chi connectivity index (χ1n) is 5.53. The van der Waals surface area contributed by atoms with Crippen LogP contribution in [0.1, 0.15) is 5.82 Å². The molecule has 1 amide bonds. The van der Waals surface area contributed by atoms with Crippen LogP contribution in [0.25, 0.3) is 0 Å². The number of amides is 1. The lowest BCUT2D eigenvalue weighted by molar-refractivity contribution is -0.121. The SMILES string of the molecule is Cn1cnnc1CCNC(=O)Cn1ccc(N)n1. The van der Waals surface area contributed by atoms with Gasteiger partial charge in [0.05, 0.1) is 0 Å². The fraction of sp³-hybridized carbons (Fsp3) is 0.400. The van der Waals surface area contributed by atoms with Gasteiger partial charge in [-0.25, -0.2) is 0 Å². The summed E-state index contributed by atoms with van der Waals surface area (Å²) >= 11 is 0. The minimum Gasteiger partial charge on any atom is -0.382 e. The summed E-state index contributed by atoms with van der Waals surface area (Å²) in [5.41, 5.74) is 5.45. The van der Waals surface area contributed by atoms with Gasteiger partial charge < -0.3 is 15.6 Å². The molecule has 2 aromatic heterocycles. The predicted molar refractivity (Wildman–Crippen MR) is 64.4 cm³/mol. The Morgan fingerprint density at radius 1 is 1.56 bits per heavy atom. The molecule has 3 N–H and O–H groups in total. The molecule has 2 aromatic rings. The van der Waals surface area contributed by atoms with Crippen molar-refractivity contribution in [2.24, 2.45) is 7.05 Å². The molecule has 0 aliphatic heterocycles. The molecule has 0 radical (unpaired) electrons. The van der Waals surface area contributed by atoms with E-state index in [4.69, 9.17) is 5.73 Å². The number of carbonyl (C=O) groups is 1. The molecule has 96 valence electrons. The molecule has 0 saturated heterocycles. The lowest BCUT2D eigenvalue weighted by atomic mass is 10.4. The van der Waals surface area contributed by atoms with E-state index < -0.39 is 0 Å². The van der Waals surface area contributed by atoms with Crippen molar-refractivity contribution in [2.45, 2.75) is 13.0 Å². The van der Waals surface area contributed by atoms with Crippen molar-refractivity contribution in [3.63, 3.8) is 0 Å². The molecular weight excluding hydrogens is 234 g/mol. The van der Waals surface area contributed by atoms with Gasteiger partial charge >= 0.3 is 0 Å². The number of nitrogens with one attached hydrogen (secondary N) is 1. The molecule has 0 aromatic carbocycles. The Morgan fingerprint density at radius 3 is 3.00 bits per heavy atom. The second-order valence-electron chi connectivity index (χ2n) is 3.90. The summed E-state index contributed by atoms with van der Waals surface area (Å²) in [6, 6.07) is 1.65. The topological polar surface area (TPSA) is 104 Å². The highest BCUT2D eigenvalue weighted by molar-refractivity contribution is 5.75. The molecule has 2 heterocycles. The summed E-state index contributed by atoms with van der Waals surface area (Å²) in [7, 11) is 1.86. The zero-order valence-corrected chi connectivity index (χ0v) is 10.1. The maximum absolute atomic E-state index is 11.6. The van der Waals surface area contributed by atoms with E-state index >= 15 is 0 Å². The number of nitrogens with zero attached hydrogens (tertiary/aromatic N) is 5. The van der Waals surface area contributed by atoms with Crippen molar-refractivity contribution in [3.8, 4) is 0 Å². The van der Waals surface area contributed by atoms with Gasteiger partial charge in [0, 0.05) is 26.2 Å². The number of hydrogen-bond donors (Lipinski definition) is 2. The molecule has 0 aliphatic rings. The largest absolute Gasteiger partial charge is 0.382 e. The number of aromatic nitrogens is 5. The minimum atomic E-state index is -0.111.